The number of anilines is 2. The second-order valence-electron chi connectivity index (χ2n) is 6.28. The van der Waals surface area contributed by atoms with E-state index >= 15 is 0 Å². The zero-order valence-electron chi connectivity index (χ0n) is 16.0. The Morgan fingerprint density at radius 3 is 2.48 bits per heavy atom. The van der Waals surface area contributed by atoms with Crippen molar-refractivity contribution in [1.82, 2.24) is 5.32 Å². The largest absolute Gasteiger partial charge is 0.491 e. The molecule has 0 bridgehead atoms. The molecule has 2 aromatic rings. The van der Waals surface area contributed by atoms with E-state index in [2.05, 4.69) is 16.0 Å². The topological polar surface area (TPSA) is 79.5 Å². The molecule has 3 N–H and O–H groups in total. The Morgan fingerprint density at radius 1 is 1.07 bits per heavy atom. The van der Waals surface area contributed by atoms with Crippen molar-refractivity contribution >= 4 is 23.3 Å². The van der Waals surface area contributed by atoms with Crippen LogP contribution in [0.5, 0.6) is 5.75 Å². The Hall–Kier alpha value is -3.23. The van der Waals surface area contributed by atoms with Crippen LogP contribution >= 0.6 is 0 Å². The first-order valence-electron chi connectivity index (χ1n) is 8.94. The van der Waals surface area contributed by atoms with Gasteiger partial charge in [0.05, 0.1) is 24.4 Å². The molecule has 156 valence electrons. The highest BCUT2D eigenvalue weighted by atomic mass is 19.4. The molecular weight excluding hydrogens is 387 g/mol. The number of ether oxygens (including phenoxy) is 1. The van der Waals surface area contributed by atoms with Crippen LogP contribution in [0.15, 0.2) is 42.5 Å². The Bertz CT molecular complexity index is 870. The molecule has 0 aromatic heterocycles. The molecule has 0 heterocycles. The van der Waals surface area contributed by atoms with Crippen molar-refractivity contribution in [2.24, 2.45) is 0 Å². The van der Waals surface area contributed by atoms with Gasteiger partial charge in [-0.3, -0.25) is 4.79 Å². The van der Waals surface area contributed by atoms with Crippen molar-refractivity contribution in [3.05, 3.63) is 53.6 Å². The summed E-state index contributed by atoms with van der Waals surface area (Å²) in [5.41, 5.74) is 0.474. The summed E-state index contributed by atoms with van der Waals surface area (Å²) in [5.74, 6) is -0.567. The number of urea groups is 1. The third-order valence-electron chi connectivity index (χ3n) is 3.73. The number of aryl methyl sites for hydroxylation is 1. The summed E-state index contributed by atoms with van der Waals surface area (Å²) in [6, 6.07) is 9.30. The van der Waals surface area contributed by atoms with Crippen LogP contribution in [-0.2, 0) is 11.0 Å². The van der Waals surface area contributed by atoms with Crippen molar-refractivity contribution in [1.29, 1.82) is 0 Å². The number of rotatable bonds is 7. The number of carbonyl (C=O) groups is 2. The van der Waals surface area contributed by atoms with E-state index in [0.717, 1.165) is 23.8 Å². The van der Waals surface area contributed by atoms with Gasteiger partial charge in [0.1, 0.15) is 5.75 Å². The molecule has 9 heteroatoms. The van der Waals surface area contributed by atoms with E-state index in [0.29, 0.717) is 12.1 Å². The van der Waals surface area contributed by atoms with E-state index in [1.807, 2.05) is 19.9 Å². The zero-order valence-corrected chi connectivity index (χ0v) is 16.0. The maximum atomic E-state index is 13.0. The van der Waals surface area contributed by atoms with Gasteiger partial charge in [0.2, 0.25) is 5.91 Å². The standard InChI is InChI=1S/C20H22F3N3O3/c1-3-9-29-17-8-7-14(20(21,22)23)11-16(17)26-18(27)12-24-19(28)25-15-6-4-5-13(2)10-15/h4-8,10-11H,3,9,12H2,1-2H3,(H,26,27)(H2,24,25,28). The lowest BCUT2D eigenvalue weighted by molar-refractivity contribution is -0.137. The number of carbonyl (C=O) groups excluding carboxylic acids is 2. The van der Waals surface area contributed by atoms with Gasteiger partial charge in [-0.25, -0.2) is 4.79 Å². The summed E-state index contributed by atoms with van der Waals surface area (Å²) in [4.78, 5) is 24.0. The molecule has 0 aliphatic heterocycles. The van der Waals surface area contributed by atoms with Crippen LogP contribution in [-0.4, -0.2) is 25.1 Å². The van der Waals surface area contributed by atoms with Gasteiger partial charge in [0.15, 0.2) is 0 Å². The third-order valence-corrected chi connectivity index (χ3v) is 3.73. The lowest BCUT2D eigenvalue weighted by atomic mass is 10.1. The first-order chi connectivity index (χ1) is 13.7. The van der Waals surface area contributed by atoms with Gasteiger partial charge < -0.3 is 20.7 Å². The van der Waals surface area contributed by atoms with Gasteiger partial charge in [0, 0.05) is 5.69 Å². The summed E-state index contributed by atoms with van der Waals surface area (Å²) in [6.45, 7) is 3.56. The number of halogens is 3. The van der Waals surface area contributed by atoms with E-state index in [1.54, 1.807) is 18.2 Å². The molecule has 0 saturated carbocycles. The molecule has 29 heavy (non-hydrogen) atoms. The smallest absolute Gasteiger partial charge is 0.416 e. The van der Waals surface area contributed by atoms with E-state index in [4.69, 9.17) is 4.74 Å². The number of amides is 3. The van der Waals surface area contributed by atoms with Crippen LogP contribution in [0.25, 0.3) is 0 Å². The highest BCUT2D eigenvalue weighted by Gasteiger charge is 2.31. The molecule has 0 aliphatic rings. The minimum atomic E-state index is -4.56. The number of benzene rings is 2. The zero-order chi connectivity index (χ0) is 21.4. The summed E-state index contributed by atoms with van der Waals surface area (Å²) < 4.78 is 44.3. The van der Waals surface area contributed by atoms with E-state index in [9.17, 15) is 22.8 Å². The predicted molar refractivity (Wildman–Crippen MR) is 104 cm³/mol. The molecule has 0 spiro atoms. The van der Waals surface area contributed by atoms with Crippen LogP contribution in [0, 0.1) is 6.92 Å². The van der Waals surface area contributed by atoms with Gasteiger partial charge in [-0.05, 0) is 49.2 Å². The molecule has 2 rings (SSSR count). The summed E-state index contributed by atoms with van der Waals surface area (Å²) in [6.07, 6.45) is -3.91. The fourth-order valence-corrected chi connectivity index (χ4v) is 2.39. The Morgan fingerprint density at radius 2 is 1.83 bits per heavy atom. The maximum absolute atomic E-state index is 13.0. The quantitative estimate of drug-likeness (QED) is 0.627. The molecular formula is C20H22F3N3O3. The molecule has 2 aromatic carbocycles. The highest BCUT2D eigenvalue weighted by Crippen LogP contribution is 2.35. The molecule has 0 saturated heterocycles. The number of nitrogens with one attached hydrogen (secondary N) is 3. The molecule has 0 radical (unpaired) electrons. The minimum absolute atomic E-state index is 0.112. The van der Waals surface area contributed by atoms with Crippen LogP contribution in [0.2, 0.25) is 0 Å². The third kappa shape index (κ3) is 7.02. The van der Waals surface area contributed by atoms with E-state index in [1.165, 1.54) is 0 Å². The number of hydrogen-bond acceptors (Lipinski definition) is 3. The average molecular weight is 409 g/mol. The van der Waals surface area contributed by atoms with Crippen LogP contribution in [0.1, 0.15) is 24.5 Å². The highest BCUT2D eigenvalue weighted by molar-refractivity contribution is 5.97. The molecule has 6 nitrogen and oxygen atoms in total. The Kier molecular flexibility index (Phi) is 7.46. The van der Waals surface area contributed by atoms with Gasteiger partial charge >= 0.3 is 12.2 Å². The van der Waals surface area contributed by atoms with E-state index in [-0.39, 0.29) is 18.0 Å². The summed E-state index contributed by atoms with van der Waals surface area (Å²) >= 11 is 0. The number of alkyl halides is 3. The van der Waals surface area contributed by atoms with Crippen LogP contribution in [0.4, 0.5) is 29.3 Å². The summed E-state index contributed by atoms with van der Waals surface area (Å²) in [7, 11) is 0. The monoisotopic (exact) mass is 409 g/mol. The summed E-state index contributed by atoms with van der Waals surface area (Å²) in [5, 5.41) is 7.27. The molecule has 0 fully saturated rings. The SMILES string of the molecule is CCCOc1ccc(C(F)(F)F)cc1NC(=O)CNC(=O)Nc1cccc(C)c1. The molecule has 3 amide bonds. The molecule has 0 unspecified atom stereocenters. The van der Waals surface area contributed by atoms with Crippen molar-refractivity contribution in [3.8, 4) is 5.75 Å². The fraction of sp³-hybridized carbons (Fsp3) is 0.300. The Balaban J connectivity index is 2.00. The molecule has 0 atom stereocenters. The second kappa shape index (κ2) is 9.81. The minimum Gasteiger partial charge on any atom is -0.491 e. The average Bonchev–Trinajstić information content (AvgIpc) is 2.64. The predicted octanol–water partition coefficient (Wildman–Crippen LogP) is 4.56. The maximum Gasteiger partial charge on any atom is 0.416 e. The normalized spacial score (nSPS) is 10.9. The van der Waals surface area contributed by atoms with Crippen LogP contribution < -0.4 is 20.7 Å². The lowest BCUT2D eigenvalue weighted by Crippen LogP contribution is -2.35. The lowest BCUT2D eigenvalue weighted by Gasteiger charge is -2.15. The van der Waals surface area contributed by atoms with Gasteiger partial charge in [-0.2, -0.15) is 13.2 Å². The van der Waals surface area contributed by atoms with Gasteiger partial charge in [-0.15, -0.1) is 0 Å². The second-order valence-corrected chi connectivity index (χ2v) is 6.28. The van der Waals surface area contributed by atoms with Crippen LogP contribution in [0.3, 0.4) is 0 Å². The first-order valence-corrected chi connectivity index (χ1v) is 8.94. The van der Waals surface area contributed by atoms with Gasteiger partial charge in [0.25, 0.3) is 0 Å². The fourth-order valence-electron chi connectivity index (χ4n) is 2.39. The van der Waals surface area contributed by atoms with Crippen molar-refractivity contribution in [2.75, 3.05) is 23.8 Å². The van der Waals surface area contributed by atoms with Gasteiger partial charge in [-0.1, -0.05) is 19.1 Å². The van der Waals surface area contributed by atoms with E-state index < -0.39 is 30.2 Å². The van der Waals surface area contributed by atoms with Crippen molar-refractivity contribution in [3.63, 3.8) is 0 Å². The Labute approximate surface area is 166 Å². The van der Waals surface area contributed by atoms with Crippen molar-refractivity contribution < 1.29 is 27.5 Å². The number of hydrogen-bond donors (Lipinski definition) is 3. The molecule has 0 aliphatic carbocycles. The first kappa shape index (κ1) is 22.1. The van der Waals surface area contributed by atoms with Crippen molar-refractivity contribution in [2.45, 2.75) is 26.4 Å².